The standard InChI is InChI=1S/C30H51N3O5S/c1-8-10-11-12-13-20-33(28(36)25(19-21-39-7)32-29(37)38-30(4,5)6)26(23-15-17-24(34)18-16-23)27(35)31-22(3)14-9-2/h15-18,22,25-26,34H,8-14,19-21H2,1-7H3,(H,31,35)(H,32,37). The van der Waals surface area contributed by atoms with Gasteiger partial charge in [0.1, 0.15) is 23.4 Å². The molecule has 0 saturated carbocycles. The van der Waals surface area contributed by atoms with E-state index >= 15 is 0 Å². The van der Waals surface area contributed by atoms with Crippen LogP contribution < -0.4 is 10.6 Å². The number of phenols is 1. The first kappa shape index (κ1) is 34.6. The molecule has 0 heterocycles. The van der Waals surface area contributed by atoms with Crippen molar-refractivity contribution in [3.05, 3.63) is 29.8 Å². The molecule has 3 amide bonds. The molecule has 0 bridgehead atoms. The van der Waals surface area contributed by atoms with Gasteiger partial charge in [-0.1, -0.05) is 58.1 Å². The van der Waals surface area contributed by atoms with Crippen molar-refractivity contribution in [1.82, 2.24) is 15.5 Å². The molecule has 0 radical (unpaired) electrons. The van der Waals surface area contributed by atoms with E-state index in [0.717, 1.165) is 44.9 Å². The zero-order valence-corrected chi connectivity index (χ0v) is 25.9. The van der Waals surface area contributed by atoms with Crippen LogP contribution in [0.4, 0.5) is 4.79 Å². The van der Waals surface area contributed by atoms with Crippen molar-refractivity contribution in [2.75, 3.05) is 18.6 Å². The van der Waals surface area contributed by atoms with Crippen molar-refractivity contribution in [3.63, 3.8) is 0 Å². The van der Waals surface area contributed by atoms with Gasteiger partial charge < -0.3 is 25.4 Å². The highest BCUT2D eigenvalue weighted by Crippen LogP contribution is 2.26. The molecule has 0 aliphatic heterocycles. The molecule has 8 nitrogen and oxygen atoms in total. The average molecular weight is 566 g/mol. The first-order chi connectivity index (χ1) is 18.4. The number of unbranched alkanes of at least 4 members (excludes halogenated alkanes) is 4. The summed E-state index contributed by atoms with van der Waals surface area (Å²) < 4.78 is 5.45. The number of ether oxygens (including phenoxy) is 1. The van der Waals surface area contributed by atoms with E-state index in [2.05, 4.69) is 24.5 Å². The number of amides is 3. The van der Waals surface area contributed by atoms with Crippen LogP contribution in [0, 0.1) is 0 Å². The van der Waals surface area contributed by atoms with Gasteiger partial charge in [-0.3, -0.25) is 9.59 Å². The maximum absolute atomic E-state index is 14.2. The van der Waals surface area contributed by atoms with Crippen LogP contribution >= 0.6 is 11.8 Å². The van der Waals surface area contributed by atoms with Gasteiger partial charge in [0.05, 0.1) is 0 Å². The molecule has 9 heteroatoms. The molecular formula is C30H51N3O5S. The van der Waals surface area contributed by atoms with Gasteiger partial charge in [-0.15, -0.1) is 0 Å². The topological polar surface area (TPSA) is 108 Å². The smallest absolute Gasteiger partial charge is 0.408 e. The summed E-state index contributed by atoms with van der Waals surface area (Å²) in [5, 5.41) is 15.8. The van der Waals surface area contributed by atoms with Crippen molar-refractivity contribution in [2.24, 2.45) is 0 Å². The third-order valence-electron chi connectivity index (χ3n) is 6.26. The summed E-state index contributed by atoms with van der Waals surface area (Å²) >= 11 is 1.58. The second kappa shape index (κ2) is 18.0. The van der Waals surface area contributed by atoms with Crippen LogP contribution in [0.1, 0.15) is 105 Å². The summed E-state index contributed by atoms with van der Waals surface area (Å²) in [6.07, 6.45) is 8.36. The number of aromatic hydroxyl groups is 1. The van der Waals surface area contributed by atoms with Crippen molar-refractivity contribution in [1.29, 1.82) is 0 Å². The summed E-state index contributed by atoms with van der Waals surface area (Å²) in [4.78, 5) is 42.3. The molecule has 1 rings (SSSR count). The van der Waals surface area contributed by atoms with Crippen molar-refractivity contribution in [3.8, 4) is 5.75 Å². The first-order valence-corrected chi connectivity index (χ1v) is 15.7. The monoisotopic (exact) mass is 565 g/mol. The van der Waals surface area contributed by atoms with Crippen molar-refractivity contribution in [2.45, 2.75) is 117 Å². The van der Waals surface area contributed by atoms with Crippen LogP contribution in [0.15, 0.2) is 24.3 Å². The first-order valence-electron chi connectivity index (χ1n) is 14.3. The minimum absolute atomic E-state index is 0.0594. The Morgan fingerprint density at radius 2 is 1.62 bits per heavy atom. The molecule has 3 N–H and O–H groups in total. The molecule has 222 valence electrons. The van der Waals surface area contributed by atoms with Crippen LogP contribution in [0.3, 0.4) is 0 Å². The van der Waals surface area contributed by atoms with E-state index < -0.39 is 23.8 Å². The molecule has 3 atom stereocenters. The van der Waals surface area contributed by atoms with Gasteiger partial charge in [-0.05, 0) is 76.7 Å². The number of alkyl carbamates (subject to hydrolysis) is 1. The molecule has 3 unspecified atom stereocenters. The van der Waals surface area contributed by atoms with Crippen LogP contribution in [0.5, 0.6) is 5.75 Å². The Kier molecular flexibility index (Phi) is 16.0. The Hall–Kier alpha value is -2.42. The second-order valence-electron chi connectivity index (χ2n) is 11.1. The Bertz CT molecular complexity index is 872. The molecular weight excluding hydrogens is 514 g/mol. The molecule has 1 aromatic rings. The Morgan fingerprint density at radius 3 is 2.18 bits per heavy atom. The molecule has 0 spiro atoms. The van der Waals surface area contributed by atoms with E-state index in [9.17, 15) is 19.5 Å². The normalized spacial score (nSPS) is 13.7. The fourth-order valence-corrected chi connectivity index (χ4v) is 4.82. The molecule has 0 aromatic heterocycles. The third kappa shape index (κ3) is 13.5. The summed E-state index contributed by atoms with van der Waals surface area (Å²) in [7, 11) is 0. The lowest BCUT2D eigenvalue weighted by Gasteiger charge is -2.35. The van der Waals surface area contributed by atoms with Gasteiger partial charge in [0.15, 0.2) is 0 Å². The molecule has 0 aliphatic rings. The highest BCUT2D eigenvalue weighted by molar-refractivity contribution is 7.98. The molecule has 0 saturated heterocycles. The predicted molar refractivity (Wildman–Crippen MR) is 160 cm³/mol. The Labute approximate surface area is 240 Å². The zero-order chi connectivity index (χ0) is 29.4. The molecule has 1 aromatic carbocycles. The van der Waals surface area contributed by atoms with Gasteiger partial charge >= 0.3 is 6.09 Å². The number of benzene rings is 1. The lowest BCUT2D eigenvalue weighted by Crippen LogP contribution is -2.54. The summed E-state index contributed by atoms with van der Waals surface area (Å²) in [5.74, 6) is 0.144. The minimum Gasteiger partial charge on any atom is -0.508 e. The largest absolute Gasteiger partial charge is 0.508 e. The lowest BCUT2D eigenvalue weighted by molar-refractivity contribution is -0.143. The number of rotatable bonds is 17. The third-order valence-corrected chi connectivity index (χ3v) is 6.91. The van der Waals surface area contributed by atoms with Gasteiger partial charge in [0.25, 0.3) is 0 Å². The van der Waals surface area contributed by atoms with E-state index in [1.54, 1.807) is 49.6 Å². The van der Waals surface area contributed by atoms with E-state index in [4.69, 9.17) is 4.74 Å². The van der Waals surface area contributed by atoms with E-state index in [-0.39, 0.29) is 23.6 Å². The van der Waals surface area contributed by atoms with Crippen LogP contribution in [0.2, 0.25) is 0 Å². The Balaban J connectivity index is 3.44. The quantitative estimate of drug-likeness (QED) is 0.195. The number of hydrogen-bond acceptors (Lipinski definition) is 6. The number of nitrogens with zero attached hydrogens (tertiary/aromatic N) is 1. The highest BCUT2D eigenvalue weighted by Gasteiger charge is 2.36. The van der Waals surface area contributed by atoms with Crippen molar-refractivity contribution < 1.29 is 24.2 Å². The average Bonchev–Trinajstić information content (AvgIpc) is 2.85. The van der Waals surface area contributed by atoms with Gasteiger partial charge in [-0.25, -0.2) is 4.79 Å². The number of phenolic OH excluding ortho intramolecular Hbond substituents is 1. The predicted octanol–water partition coefficient (Wildman–Crippen LogP) is 6.18. The highest BCUT2D eigenvalue weighted by atomic mass is 32.2. The van der Waals surface area contributed by atoms with E-state index in [1.807, 2.05) is 13.2 Å². The number of carbonyl (C=O) groups is 3. The van der Waals surface area contributed by atoms with Gasteiger partial charge in [0, 0.05) is 12.6 Å². The number of thioether (sulfide) groups is 1. The number of hydrogen-bond donors (Lipinski definition) is 3. The Morgan fingerprint density at radius 1 is 0.974 bits per heavy atom. The van der Waals surface area contributed by atoms with E-state index in [1.165, 1.54) is 12.1 Å². The van der Waals surface area contributed by atoms with Crippen LogP contribution in [0.25, 0.3) is 0 Å². The second-order valence-corrected chi connectivity index (χ2v) is 12.1. The summed E-state index contributed by atoms with van der Waals surface area (Å²) in [6.45, 7) is 11.9. The number of nitrogens with one attached hydrogen (secondary N) is 2. The van der Waals surface area contributed by atoms with Crippen molar-refractivity contribution >= 4 is 29.7 Å². The van der Waals surface area contributed by atoms with E-state index in [0.29, 0.717) is 24.3 Å². The lowest BCUT2D eigenvalue weighted by atomic mass is 10.0. The summed E-state index contributed by atoms with van der Waals surface area (Å²) in [5.41, 5.74) is -0.100. The van der Waals surface area contributed by atoms with Crippen LogP contribution in [-0.2, 0) is 14.3 Å². The fourth-order valence-electron chi connectivity index (χ4n) is 4.35. The summed E-state index contributed by atoms with van der Waals surface area (Å²) in [6, 6.07) is 4.61. The van der Waals surface area contributed by atoms with Gasteiger partial charge in [0.2, 0.25) is 11.8 Å². The number of carbonyl (C=O) groups excluding carboxylic acids is 3. The molecule has 39 heavy (non-hydrogen) atoms. The van der Waals surface area contributed by atoms with Gasteiger partial charge in [-0.2, -0.15) is 11.8 Å². The fraction of sp³-hybridized carbons (Fsp3) is 0.700. The molecule has 0 fully saturated rings. The zero-order valence-electron chi connectivity index (χ0n) is 25.0. The van der Waals surface area contributed by atoms with Crippen LogP contribution in [-0.4, -0.2) is 64.2 Å². The maximum atomic E-state index is 14.2. The minimum atomic E-state index is -0.902. The molecule has 0 aliphatic carbocycles. The SMILES string of the molecule is CCCCCCCN(C(=O)C(CCSC)NC(=O)OC(C)(C)C)C(C(=O)NC(C)CCC)c1ccc(O)cc1. The maximum Gasteiger partial charge on any atom is 0.408 e.